The van der Waals surface area contributed by atoms with Crippen molar-refractivity contribution >= 4 is 17.4 Å². The molecular weight excluding hydrogens is 326 g/mol. The Bertz CT molecular complexity index is 675. The van der Waals surface area contributed by atoms with Crippen LogP contribution in [-0.2, 0) is 0 Å². The molecular formula is C21H29N3O2. The van der Waals surface area contributed by atoms with Crippen LogP contribution < -0.4 is 15.0 Å². The molecule has 0 saturated heterocycles. The quantitative estimate of drug-likeness (QED) is 0.705. The van der Waals surface area contributed by atoms with Gasteiger partial charge in [0.25, 0.3) is 5.91 Å². The molecule has 1 aromatic heterocycles. The van der Waals surface area contributed by atoms with E-state index in [0.29, 0.717) is 5.56 Å². The second-order valence-corrected chi connectivity index (χ2v) is 6.54. The van der Waals surface area contributed by atoms with Crippen LogP contribution in [-0.4, -0.2) is 30.1 Å². The van der Waals surface area contributed by atoms with Gasteiger partial charge in [-0.25, -0.2) is 4.98 Å². The van der Waals surface area contributed by atoms with Crippen LogP contribution in [0.15, 0.2) is 42.6 Å². The monoisotopic (exact) mass is 355 g/mol. The van der Waals surface area contributed by atoms with E-state index in [9.17, 15) is 4.79 Å². The molecule has 0 aliphatic heterocycles. The molecule has 0 bridgehead atoms. The largest absolute Gasteiger partial charge is 0.491 e. The number of nitrogens with one attached hydrogen (secondary N) is 1. The van der Waals surface area contributed by atoms with Gasteiger partial charge in [0.05, 0.1) is 11.7 Å². The van der Waals surface area contributed by atoms with Crippen LogP contribution in [0.25, 0.3) is 0 Å². The summed E-state index contributed by atoms with van der Waals surface area (Å²) in [5, 5.41) is 2.89. The molecule has 0 aliphatic carbocycles. The van der Waals surface area contributed by atoms with Gasteiger partial charge in [0, 0.05) is 25.0 Å². The summed E-state index contributed by atoms with van der Waals surface area (Å²) in [6.45, 7) is 10.2. The molecule has 1 N–H and O–H groups in total. The van der Waals surface area contributed by atoms with E-state index in [1.807, 2.05) is 50.2 Å². The van der Waals surface area contributed by atoms with Gasteiger partial charge in [0.2, 0.25) is 0 Å². The average Bonchev–Trinajstić information content (AvgIpc) is 2.63. The highest BCUT2D eigenvalue weighted by Gasteiger charge is 2.10. The maximum absolute atomic E-state index is 12.4. The topological polar surface area (TPSA) is 54.5 Å². The number of ether oxygens (including phenoxy) is 1. The first-order valence-corrected chi connectivity index (χ1v) is 9.32. The van der Waals surface area contributed by atoms with Crippen LogP contribution in [0.4, 0.5) is 11.5 Å². The normalized spacial score (nSPS) is 10.7. The Hall–Kier alpha value is -2.56. The van der Waals surface area contributed by atoms with Crippen LogP contribution in [0.2, 0.25) is 0 Å². The van der Waals surface area contributed by atoms with Crippen molar-refractivity contribution in [3.05, 3.63) is 48.2 Å². The highest BCUT2D eigenvalue weighted by Crippen LogP contribution is 2.18. The van der Waals surface area contributed by atoms with Crippen LogP contribution in [0, 0.1) is 0 Å². The van der Waals surface area contributed by atoms with Crippen LogP contribution in [0.1, 0.15) is 50.9 Å². The van der Waals surface area contributed by atoms with Gasteiger partial charge >= 0.3 is 0 Å². The van der Waals surface area contributed by atoms with Gasteiger partial charge in [-0.05, 0) is 63.1 Å². The molecule has 5 heteroatoms. The number of carbonyl (C=O) groups is 1. The van der Waals surface area contributed by atoms with Crippen LogP contribution in [0.5, 0.6) is 5.75 Å². The number of hydrogen-bond acceptors (Lipinski definition) is 4. The molecule has 5 nitrogen and oxygen atoms in total. The van der Waals surface area contributed by atoms with Crippen molar-refractivity contribution in [2.24, 2.45) is 0 Å². The summed E-state index contributed by atoms with van der Waals surface area (Å²) in [6, 6.07) is 11.1. The lowest BCUT2D eigenvalue weighted by atomic mass is 10.2. The number of amides is 1. The van der Waals surface area contributed by atoms with E-state index in [1.54, 1.807) is 6.20 Å². The minimum absolute atomic E-state index is 0.125. The Morgan fingerprint density at radius 3 is 2.23 bits per heavy atom. The molecule has 0 fully saturated rings. The number of pyridine rings is 1. The van der Waals surface area contributed by atoms with E-state index < -0.39 is 0 Å². The molecule has 0 aliphatic rings. The number of benzene rings is 1. The van der Waals surface area contributed by atoms with Gasteiger partial charge in [-0.3, -0.25) is 4.79 Å². The molecule has 2 aromatic rings. The highest BCUT2D eigenvalue weighted by atomic mass is 16.5. The minimum Gasteiger partial charge on any atom is -0.491 e. The summed E-state index contributed by atoms with van der Waals surface area (Å²) in [7, 11) is 0. The van der Waals surface area contributed by atoms with Crippen LogP contribution in [0.3, 0.4) is 0 Å². The minimum atomic E-state index is -0.167. The Labute approximate surface area is 156 Å². The lowest BCUT2D eigenvalue weighted by Gasteiger charge is -2.22. The number of nitrogens with zero attached hydrogens (tertiary/aromatic N) is 2. The van der Waals surface area contributed by atoms with E-state index in [2.05, 4.69) is 29.0 Å². The predicted molar refractivity (Wildman–Crippen MR) is 107 cm³/mol. The van der Waals surface area contributed by atoms with Crippen LogP contribution >= 0.6 is 0 Å². The molecule has 0 radical (unpaired) electrons. The molecule has 2 rings (SSSR count). The Morgan fingerprint density at radius 2 is 1.73 bits per heavy atom. The fraction of sp³-hybridized carbons (Fsp3) is 0.429. The fourth-order valence-electron chi connectivity index (χ4n) is 2.68. The van der Waals surface area contributed by atoms with Crippen molar-refractivity contribution in [2.75, 3.05) is 23.3 Å². The Morgan fingerprint density at radius 1 is 1.08 bits per heavy atom. The molecule has 0 unspecified atom stereocenters. The van der Waals surface area contributed by atoms with E-state index in [1.165, 1.54) is 0 Å². The molecule has 0 atom stereocenters. The molecule has 1 amide bonds. The van der Waals surface area contributed by atoms with Gasteiger partial charge in [-0.1, -0.05) is 13.8 Å². The fourth-order valence-corrected chi connectivity index (χ4v) is 2.68. The van der Waals surface area contributed by atoms with Crippen molar-refractivity contribution < 1.29 is 9.53 Å². The second kappa shape index (κ2) is 9.80. The number of rotatable bonds is 9. The molecule has 1 heterocycles. The van der Waals surface area contributed by atoms with Crippen molar-refractivity contribution in [1.29, 1.82) is 0 Å². The standard InChI is InChI=1S/C21H29N3O2/c1-5-13-24(14-6-2)20-12-7-17(15-22-20)21(25)23-18-8-10-19(11-9-18)26-16(3)4/h7-12,15-16H,5-6,13-14H2,1-4H3,(H,23,25). The predicted octanol–water partition coefficient (Wildman–Crippen LogP) is 4.75. The summed E-state index contributed by atoms with van der Waals surface area (Å²) in [5.74, 6) is 1.54. The summed E-state index contributed by atoms with van der Waals surface area (Å²) in [4.78, 5) is 19.1. The first kappa shape index (κ1) is 19.8. The summed E-state index contributed by atoms with van der Waals surface area (Å²) < 4.78 is 5.61. The molecule has 26 heavy (non-hydrogen) atoms. The zero-order valence-electron chi connectivity index (χ0n) is 16.2. The maximum atomic E-state index is 12.4. The number of aromatic nitrogens is 1. The molecule has 0 spiro atoms. The lowest BCUT2D eigenvalue weighted by Crippen LogP contribution is -2.26. The Kier molecular flexibility index (Phi) is 7.45. The number of anilines is 2. The number of carbonyl (C=O) groups excluding carboxylic acids is 1. The smallest absolute Gasteiger partial charge is 0.257 e. The Balaban J connectivity index is 2.01. The van der Waals surface area contributed by atoms with Crippen molar-refractivity contribution in [3.8, 4) is 5.75 Å². The summed E-state index contributed by atoms with van der Waals surface area (Å²) in [5.41, 5.74) is 1.28. The maximum Gasteiger partial charge on any atom is 0.257 e. The first-order chi connectivity index (χ1) is 12.5. The highest BCUT2D eigenvalue weighted by molar-refractivity contribution is 6.04. The van der Waals surface area contributed by atoms with E-state index in [4.69, 9.17) is 4.74 Å². The average molecular weight is 355 g/mol. The third-order valence-corrected chi connectivity index (χ3v) is 3.81. The van der Waals surface area contributed by atoms with Crippen molar-refractivity contribution in [2.45, 2.75) is 46.6 Å². The van der Waals surface area contributed by atoms with E-state index >= 15 is 0 Å². The molecule has 0 saturated carbocycles. The van der Waals surface area contributed by atoms with Gasteiger partial charge in [-0.15, -0.1) is 0 Å². The van der Waals surface area contributed by atoms with Gasteiger partial charge in [0.15, 0.2) is 0 Å². The summed E-state index contributed by atoms with van der Waals surface area (Å²) >= 11 is 0. The molecule has 140 valence electrons. The second-order valence-electron chi connectivity index (χ2n) is 6.54. The van der Waals surface area contributed by atoms with E-state index in [-0.39, 0.29) is 12.0 Å². The lowest BCUT2D eigenvalue weighted by molar-refractivity contribution is 0.102. The van der Waals surface area contributed by atoms with Gasteiger partial charge in [-0.2, -0.15) is 0 Å². The summed E-state index contributed by atoms with van der Waals surface area (Å²) in [6.07, 6.45) is 3.90. The zero-order chi connectivity index (χ0) is 18.9. The SMILES string of the molecule is CCCN(CCC)c1ccc(C(=O)Nc2ccc(OC(C)C)cc2)cn1. The van der Waals surface area contributed by atoms with Gasteiger partial charge < -0.3 is 15.0 Å². The third-order valence-electron chi connectivity index (χ3n) is 3.81. The van der Waals surface area contributed by atoms with E-state index in [0.717, 1.165) is 43.2 Å². The molecule has 1 aromatic carbocycles. The zero-order valence-corrected chi connectivity index (χ0v) is 16.2. The number of hydrogen-bond donors (Lipinski definition) is 1. The third kappa shape index (κ3) is 5.76. The van der Waals surface area contributed by atoms with Crippen molar-refractivity contribution in [3.63, 3.8) is 0 Å². The van der Waals surface area contributed by atoms with Crippen molar-refractivity contribution in [1.82, 2.24) is 4.98 Å². The van der Waals surface area contributed by atoms with Gasteiger partial charge in [0.1, 0.15) is 11.6 Å². The first-order valence-electron chi connectivity index (χ1n) is 9.32.